The fourth-order valence-electron chi connectivity index (χ4n) is 3.52. The van der Waals surface area contributed by atoms with Crippen molar-refractivity contribution < 1.29 is 23.9 Å². The number of rotatable bonds is 5. The van der Waals surface area contributed by atoms with Crippen LogP contribution in [0.2, 0.25) is 0 Å². The van der Waals surface area contributed by atoms with Crippen LogP contribution in [0.5, 0.6) is 0 Å². The summed E-state index contributed by atoms with van der Waals surface area (Å²) in [5.74, 6) is -2.61. The lowest BCUT2D eigenvalue weighted by atomic mass is 9.89. The molecule has 1 saturated carbocycles. The van der Waals surface area contributed by atoms with Crippen molar-refractivity contribution in [3.63, 3.8) is 0 Å². The van der Waals surface area contributed by atoms with Crippen molar-refractivity contribution in [3.05, 3.63) is 46.3 Å². The summed E-state index contributed by atoms with van der Waals surface area (Å²) < 4.78 is 14.8. The molecule has 0 bridgehead atoms. The van der Waals surface area contributed by atoms with Crippen molar-refractivity contribution >= 4 is 23.3 Å². The Hall–Kier alpha value is -3.07. The van der Waals surface area contributed by atoms with Crippen LogP contribution in [-0.4, -0.2) is 44.4 Å². The highest BCUT2D eigenvalue weighted by molar-refractivity contribution is 6.43. The molecule has 0 spiro atoms. The third-order valence-electron chi connectivity index (χ3n) is 5.30. The zero-order valence-corrected chi connectivity index (χ0v) is 16.7. The summed E-state index contributed by atoms with van der Waals surface area (Å²) in [6.07, 6.45) is 1.60. The number of amides is 2. The van der Waals surface area contributed by atoms with Crippen molar-refractivity contribution in [3.8, 4) is 0 Å². The Kier molecular flexibility index (Phi) is 5.52. The quantitative estimate of drug-likeness (QED) is 0.399. The summed E-state index contributed by atoms with van der Waals surface area (Å²) in [5, 5.41) is 14.6. The van der Waals surface area contributed by atoms with E-state index in [0.717, 1.165) is 0 Å². The summed E-state index contributed by atoms with van der Waals surface area (Å²) >= 11 is 0. The van der Waals surface area contributed by atoms with Gasteiger partial charge in [-0.15, -0.1) is 0 Å². The van der Waals surface area contributed by atoms with E-state index >= 15 is 0 Å². The van der Waals surface area contributed by atoms with Crippen molar-refractivity contribution in [1.29, 1.82) is 0 Å². The Balaban J connectivity index is 1.83. The highest BCUT2D eigenvalue weighted by Gasteiger charge is 2.33. The van der Waals surface area contributed by atoms with Crippen molar-refractivity contribution in [2.24, 2.45) is 7.05 Å². The summed E-state index contributed by atoms with van der Waals surface area (Å²) in [6.45, 7) is 4.81. The molecule has 2 aromatic heterocycles. The van der Waals surface area contributed by atoms with Gasteiger partial charge >= 0.3 is 0 Å². The lowest BCUT2D eigenvalue weighted by Gasteiger charge is -2.31. The van der Waals surface area contributed by atoms with E-state index in [4.69, 9.17) is 0 Å². The van der Waals surface area contributed by atoms with E-state index in [1.54, 1.807) is 20.9 Å². The Labute approximate surface area is 167 Å². The molecule has 154 valence electrons. The summed E-state index contributed by atoms with van der Waals surface area (Å²) in [4.78, 5) is 41.4. The second kappa shape index (κ2) is 7.75. The topological polar surface area (TPSA) is 113 Å². The standard InChI is InChI=1S/C20H23FN4O4/c1-9-5-13(8-22-18(9)21)24-19(28)15-10(2)16(25(4)11(15)3)17(27)20(29)23-12-6-14(26)7-12/h5,8,12,14,26H,6-7H2,1-4H3,(H,23,29)(H,24,28)/t12-,14-. The fraction of sp³-hybridized carbons (Fsp3) is 0.400. The van der Waals surface area contributed by atoms with E-state index in [-0.39, 0.29) is 22.9 Å². The SMILES string of the molecule is Cc1cc(NC(=O)c2c(C)c(C(=O)C(=O)N[C@H]3C[C@H](O)C3)n(C)c2C)cnc1F. The van der Waals surface area contributed by atoms with Gasteiger partial charge in [-0.1, -0.05) is 0 Å². The van der Waals surface area contributed by atoms with Gasteiger partial charge in [-0.25, -0.2) is 4.98 Å². The second-order valence-corrected chi connectivity index (χ2v) is 7.40. The van der Waals surface area contributed by atoms with Gasteiger partial charge in [-0.2, -0.15) is 4.39 Å². The van der Waals surface area contributed by atoms with Crippen molar-refractivity contribution in [2.45, 2.75) is 45.8 Å². The van der Waals surface area contributed by atoms with Gasteiger partial charge in [0.1, 0.15) is 0 Å². The summed E-state index contributed by atoms with van der Waals surface area (Å²) in [7, 11) is 1.61. The van der Waals surface area contributed by atoms with Crippen LogP contribution in [0, 0.1) is 26.7 Å². The normalized spacial score (nSPS) is 18.1. The van der Waals surface area contributed by atoms with Crippen molar-refractivity contribution in [1.82, 2.24) is 14.9 Å². The van der Waals surface area contributed by atoms with Gasteiger partial charge in [-0.05, 0) is 45.2 Å². The number of carbonyl (C=O) groups excluding carboxylic acids is 3. The number of ketones is 1. The van der Waals surface area contributed by atoms with Crippen LogP contribution in [0.1, 0.15) is 50.5 Å². The zero-order chi connectivity index (χ0) is 21.5. The van der Waals surface area contributed by atoms with Crippen molar-refractivity contribution in [2.75, 3.05) is 5.32 Å². The van der Waals surface area contributed by atoms with Gasteiger partial charge < -0.3 is 20.3 Å². The van der Waals surface area contributed by atoms with Crippen LogP contribution in [0.25, 0.3) is 0 Å². The molecule has 1 aliphatic rings. The first-order valence-corrected chi connectivity index (χ1v) is 9.22. The van der Waals surface area contributed by atoms with Gasteiger partial charge in [-0.3, -0.25) is 14.4 Å². The average molecular weight is 402 g/mol. The molecule has 0 saturated heterocycles. The van der Waals surface area contributed by atoms with Gasteiger partial charge in [0.2, 0.25) is 5.95 Å². The highest BCUT2D eigenvalue weighted by atomic mass is 19.1. The van der Waals surface area contributed by atoms with Crippen LogP contribution < -0.4 is 10.6 Å². The molecular formula is C20H23FN4O4. The molecule has 3 rings (SSSR count). The number of aromatic nitrogens is 2. The van der Waals surface area contributed by atoms with E-state index < -0.39 is 29.6 Å². The Morgan fingerprint density at radius 1 is 1.24 bits per heavy atom. The molecule has 2 aromatic rings. The predicted octanol–water partition coefficient (Wildman–Crippen LogP) is 1.56. The number of hydrogen-bond donors (Lipinski definition) is 3. The minimum absolute atomic E-state index is 0.124. The first-order valence-electron chi connectivity index (χ1n) is 9.22. The molecular weight excluding hydrogens is 379 g/mol. The van der Waals surface area contributed by atoms with Crippen LogP contribution >= 0.6 is 0 Å². The number of anilines is 1. The molecule has 3 N–H and O–H groups in total. The molecule has 0 atom stereocenters. The zero-order valence-electron chi connectivity index (χ0n) is 16.7. The molecule has 2 heterocycles. The predicted molar refractivity (Wildman–Crippen MR) is 103 cm³/mol. The number of Topliss-reactive ketones (excluding diaryl/α,β-unsaturated/α-hetero) is 1. The number of hydrogen-bond acceptors (Lipinski definition) is 5. The van der Waals surface area contributed by atoms with Gasteiger partial charge in [0, 0.05) is 24.3 Å². The molecule has 2 amide bonds. The third kappa shape index (κ3) is 3.91. The fourth-order valence-corrected chi connectivity index (χ4v) is 3.52. The number of aliphatic hydroxyl groups excluding tert-OH is 1. The Morgan fingerprint density at radius 2 is 1.90 bits per heavy atom. The first-order chi connectivity index (χ1) is 13.6. The lowest BCUT2D eigenvalue weighted by molar-refractivity contribution is -0.119. The molecule has 9 heteroatoms. The number of aryl methyl sites for hydroxylation is 1. The smallest absolute Gasteiger partial charge is 0.294 e. The van der Waals surface area contributed by atoms with E-state index in [9.17, 15) is 23.9 Å². The van der Waals surface area contributed by atoms with Gasteiger partial charge in [0.05, 0.1) is 29.2 Å². The van der Waals surface area contributed by atoms with Crippen LogP contribution in [0.4, 0.5) is 10.1 Å². The molecule has 0 radical (unpaired) electrons. The van der Waals surface area contributed by atoms with Gasteiger partial charge in [0.25, 0.3) is 17.6 Å². The summed E-state index contributed by atoms with van der Waals surface area (Å²) in [6, 6.07) is 1.24. The number of nitrogens with zero attached hydrogens (tertiary/aromatic N) is 2. The number of carbonyl (C=O) groups is 3. The third-order valence-corrected chi connectivity index (χ3v) is 5.30. The molecule has 0 unspecified atom stereocenters. The molecule has 29 heavy (non-hydrogen) atoms. The molecule has 1 fully saturated rings. The lowest BCUT2D eigenvalue weighted by Crippen LogP contribution is -2.49. The Morgan fingerprint density at radius 3 is 2.48 bits per heavy atom. The summed E-state index contributed by atoms with van der Waals surface area (Å²) in [5.41, 5.74) is 1.90. The first kappa shape index (κ1) is 20.7. The average Bonchev–Trinajstić information content (AvgIpc) is 2.85. The maximum atomic E-state index is 13.3. The van der Waals surface area contributed by atoms with E-state index in [0.29, 0.717) is 29.8 Å². The maximum Gasteiger partial charge on any atom is 0.294 e. The number of aliphatic hydroxyl groups is 1. The monoisotopic (exact) mass is 402 g/mol. The number of pyridine rings is 1. The molecule has 8 nitrogen and oxygen atoms in total. The van der Waals surface area contributed by atoms with Crippen LogP contribution in [-0.2, 0) is 11.8 Å². The minimum atomic E-state index is -0.768. The van der Waals surface area contributed by atoms with E-state index in [1.807, 2.05) is 0 Å². The molecule has 0 aliphatic heterocycles. The second-order valence-electron chi connectivity index (χ2n) is 7.40. The van der Waals surface area contributed by atoms with E-state index in [2.05, 4.69) is 15.6 Å². The maximum absolute atomic E-state index is 13.3. The number of halogens is 1. The van der Waals surface area contributed by atoms with Crippen LogP contribution in [0.3, 0.4) is 0 Å². The van der Waals surface area contributed by atoms with Crippen LogP contribution in [0.15, 0.2) is 12.3 Å². The molecule has 1 aliphatic carbocycles. The minimum Gasteiger partial charge on any atom is -0.393 e. The van der Waals surface area contributed by atoms with E-state index in [1.165, 1.54) is 23.8 Å². The number of nitrogens with one attached hydrogen (secondary N) is 2. The Bertz CT molecular complexity index is 1010. The van der Waals surface area contributed by atoms with Gasteiger partial charge in [0.15, 0.2) is 0 Å². The highest BCUT2D eigenvalue weighted by Crippen LogP contribution is 2.24. The largest absolute Gasteiger partial charge is 0.393 e. The molecule has 0 aromatic carbocycles.